The molecule has 0 aliphatic heterocycles. The normalized spacial score (nSPS) is 12.1. The van der Waals surface area contributed by atoms with Crippen LogP contribution in [0.15, 0.2) is 30.3 Å². The molecule has 8 nitrogen and oxygen atoms in total. The first-order valence-corrected chi connectivity index (χ1v) is 5.60. The number of methoxy groups -OCH3 is 1. The Labute approximate surface area is 109 Å². The van der Waals surface area contributed by atoms with Crippen molar-refractivity contribution in [3.8, 4) is 11.4 Å². The Morgan fingerprint density at radius 3 is 2.84 bits per heavy atom. The minimum absolute atomic E-state index is 0.105. The monoisotopic (exact) mass is 262 g/mol. The fraction of sp³-hybridized carbons (Fsp3) is 0.273. The van der Waals surface area contributed by atoms with Crippen LogP contribution >= 0.6 is 0 Å². The highest BCUT2D eigenvalue weighted by atomic mass is 16.5. The second-order valence-corrected chi connectivity index (χ2v) is 3.78. The molecule has 1 aromatic carbocycles. The fourth-order valence-electron chi connectivity index (χ4n) is 1.56. The zero-order valence-corrected chi connectivity index (χ0v) is 10.4. The average molecular weight is 262 g/mol. The Bertz CT molecular complexity index is 541. The molecule has 1 aromatic heterocycles. The Morgan fingerprint density at radius 1 is 1.47 bits per heavy atom. The van der Waals surface area contributed by atoms with Crippen LogP contribution in [0.25, 0.3) is 11.4 Å². The van der Waals surface area contributed by atoms with E-state index in [9.17, 15) is 4.79 Å². The molecule has 0 saturated heterocycles. The number of hydrazine groups is 1. The molecular formula is C11H14N6O2. The van der Waals surface area contributed by atoms with Crippen molar-refractivity contribution in [1.82, 2.24) is 25.6 Å². The van der Waals surface area contributed by atoms with Crippen molar-refractivity contribution in [2.75, 3.05) is 13.7 Å². The number of nitrogens with one attached hydrogen (secondary N) is 1. The van der Waals surface area contributed by atoms with Gasteiger partial charge in [0.25, 0.3) is 5.91 Å². The van der Waals surface area contributed by atoms with Crippen LogP contribution in [0.5, 0.6) is 0 Å². The highest BCUT2D eigenvalue weighted by Gasteiger charge is 2.22. The Kier molecular flexibility index (Phi) is 4.16. The van der Waals surface area contributed by atoms with E-state index in [1.165, 1.54) is 11.9 Å². The quantitative estimate of drug-likeness (QED) is 0.428. The van der Waals surface area contributed by atoms with Crippen LogP contribution in [0.3, 0.4) is 0 Å². The van der Waals surface area contributed by atoms with Crippen LogP contribution in [0.2, 0.25) is 0 Å². The number of benzene rings is 1. The highest BCUT2D eigenvalue weighted by Crippen LogP contribution is 2.13. The topological polar surface area (TPSA) is 108 Å². The zero-order chi connectivity index (χ0) is 13.7. The molecule has 0 saturated carbocycles. The number of hydrogen-bond acceptors (Lipinski definition) is 6. The van der Waals surface area contributed by atoms with E-state index in [0.29, 0.717) is 5.82 Å². The molecule has 19 heavy (non-hydrogen) atoms. The molecule has 2 aromatic rings. The third kappa shape index (κ3) is 2.92. The van der Waals surface area contributed by atoms with Gasteiger partial charge in [0, 0.05) is 12.7 Å². The van der Waals surface area contributed by atoms with Crippen LogP contribution in [0, 0.1) is 0 Å². The van der Waals surface area contributed by atoms with Gasteiger partial charge >= 0.3 is 0 Å². The first kappa shape index (κ1) is 13.1. The van der Waals surface area contributed by atoms with Crippen molar-refractivity contribution in [3.63, 3.8) is 0 Å². The number of tetrazole rings is 1. The first-order valence-electron chi connectivity index (χ1n) is 5.60. The predicted molar refractivity (Wildman–Crippen MR) is 66.5 cm³/mol. The molecule has 8 heteroatoms. The summed E-state index contributed by atoms with van der Waals surface area (Å²) in [5, 5.41) is 11.9. The molecule has 0 aliphatic carbocycles. The summed E-state index contributed by atoms with van der Waals surface area (Å²) >= 11 is 0. The summed E-state index contributed by atoms with van der Waals surface area (Å²) in [5.41, 5.74) is 2.87. The highest BCUT2D eigenvalue weighted by molar-refractivity contribution is 5.79. The summed E-state index contributed by atoms with van der Waals surface area (Å²) in [5.74, 6) is 5.11. The Balaban J connectivity index is 2.26. The van der Waals surface area contributed by atoms with Crippen molar-refractivity contribution in [1.29, 1.82) is 0 Å². The molecule has 0 radical (unpaired) electrons. The number of rotatable bonds is 5. The molecule has 3 N–H and O–H groups in total. The standard InChI is InChI=1S/C11H14N6O2/c1-19-7-9(11(18)13-12)17-15-10(14-16-17)8-5-3-2-4-6-8/h2-6,9H,7,12H2,1H3,(H,13,18). The number of nitrogens with zero attached hydrogens (tertiary/aromatic N) is 4. The van der Waals surface area contributed by atoms with Crippen molar-refractivity contribution in [2.24, 2.45) is 5.84 Å². The van der Waals surface area contributed by atoms with Gasteiger partial charge in [-0.15, -0.1) is 15.0 Å². The predicted octanol–water partition coefficient (Wildman–Crippen LogP) is -0.482. The van der Waals surface area contributed by atoms with Gasteiger partial charge in [-0.3, -0.25) is 10.2 Å². The number of amides is 1. The Hall–Kier alpha value is -2.32. The third-order valence-corrected chi connectivity index (χ3v) is 2.51. The lowest BCUT2D eigenvalue weighted by molar-refractivity contribution is -0.126. The van der Waals surface area contributed by atoms with Gasteiger partial charge in [0.1, 0.15) is 0 Å². The lowest BCUT2D eigenvalue weighted by Gasteiger charge is -2.11. The van der Waals surface area contributed by atoms with E-state index >= 15 is 0 Å². The van der Waals surface area contributed by atoms with Gasteiger partial charge in [0.05, 0.1) is 6.61 Å². The van der Waals surface area contributed by atoms with E-state index < -0.39 is 11.9 Å². The van der Waals surface area contributed by atoms with Crippen LogP contribution in [-0.4, -0.2) is 39.8 Å². The van der Waals surface area contributed by atoms with Crippen molar-refractivity contribution in [2.45, 2.75) is 6.04 Å². The minimum atomic E-state index is -0.750. The largest absolute Gasteiger partial charge is 0.382 e. The summed E-state index contributed by atoms with van der Waals surface area (Å²) in [7, 11) is 1.48. The van der Waals surface area contributed by atoms with E-state index in [4.69, 9.17) is 10.6 Å². The summed E-state index contributed by atoms with van der Waals surface area (Å²) < 4.78 is 4.95. The summed E-state index contributed by atoms with van der Waals surface area (Å²) in [6.45, 7) is 0.105. The summed E-state index contributed by atoms with van der Waals surface area (Å²) in [4.78, 5) is 12.8. The maximum absolute atomic E-state index is 11.6. The van der Waals surface area contributed by atoms with Crippen LogP contribution < -0.4 is 11.3 Å². The number of ether oxygens (including phenoxy) is 1. The lowest BCUT2D eigenvalue weighted by atomic mass is 10.2. The molecule has 0 fully saturated rings. The minimum Gasteiger partial charge on any atom is -0.382 e. The van der Waals surface area contributed by atoms with Gasteiger partial charge in [-0.25, -0.2) is 5.84 Å². The summed E-state index contributed by atoms with van der Waals surface area (Å²) in [6.07, 6.45) is 0. The van der Waals surface area contributed by atoms with Crippen molar-refractivity contribution in [3.05, 3.63) is 30.3 Å². The average Bonchev–Trinajstić information content (AvgIpc) is 2.94. The molecular weight excluding hydrogens is 248 g/mol. The second kappa shape index (κ2) is 6.03. The molecule has 0 aliphatic rings. The maximum Gasteiger partial charge on any atom is 0.263 e. The second-order valence-electron chi connectivity index (χ2n) is 3.78. The third-order valence-electron chi connectivity index (χ3n) is 2.51. The molecule has 0 spiro atoms. The van der Waals surface area contributed by atoms with Gasteiger partial charge in [0.15, 0.2) is 6.04 Å². The van der Waals surface area contributed by atoms with Crippen LogP contribution in [0.1, 0.15) is 6.04 Å². The first-order chi connectivity index (χ1) is 9.26. The van der Waals surface area contributed by atoms with Gasteiger partial charge in [-0.2, -0.15) is 0 Å². The molecule has 100 valence electrons. The van der Waals surface area contributed by atoms with E-state index in [1.54, 1.807) is 0 Å². The van der Waals surface area contributed by atoms with Crippen LogP contribution in [-0.2, 0) is 9.53 Å². The molecule has 1 heterocycles. The van der Waals surface area contributed by atoms with Gasteiger partial charge in [-0.05, 0) is 5.21 Å². The number of nitrogens with two attached hydrogens (primary N) is 1. The number of aromatic nitrogens is 4. The molecule has 0 bridgehead atoms. The van der Waals surface area contributed by atoms with Gasteiger partial charge in [0.2, 0.25) is 5.82 Å². The van der Waals surface area contributed by atoms with Gasteiger partial charge in [-0.1, -0.05) is 30.3 Å². The van der Waals surface area contributed by atoms with Gasteiger partial charge < -0.3 is 4.74 Å². The van der Waals surface area contributed by atoms with E-state index in [-0.39, 0.29) is 6.61 Å². The van der Waals surface area contributed by atoms with Crippen molar-refractivity contribution >= 4 is 5.91 Å². The Morgan fingerprint density at radius 2 is 2.21 bits per heavy atom. The lowest BCUT2D eigenvalue weighted by Crippen LogP contribution is -2.40. The molecule has 2 rings (SSSR count). The summed E-state index contributed by atoms with van der Waals surface area (Å²) in [6, 6.07) is 8.60. The number of hydrogen-bond donors (Lipinski definition) is 2. The smallest absolute Gasteiger partial charge is 0.263 e. The number of carbonyl (C=O) groups is 1. The number of carbonyl (C=O) groups excluding carboxylic acids is 1. The van der Waals surface area contributed by atoms with E-state index in [2.05, 4.69) is 15.4 Å². The van der Waals surface area contributed by atoms with E-state index in [1.807, 2.05) is 35.8 Å². The zero-order valence-electron chi connectivity index (χ0n) is 10.4. The van der Waals surface area contributed by atoms with Crippen molar-refractivity contribution < 1.29 is 9.53 Å². The molecule has 1 amide bonds. The maximum atomic E-state index is 11.6. The molecule has 1 unspecified atom stereocenters. The van der Waals surface area contributed by atoms with E-state index in [0.717, 1.165) is 5.56 Å². The van der Waals surface area contributed by atoms with Crippen LogP contribution in [0.4, 0.5) is 0 Å². The SMILES string of the molecule is COCC(C(=O)NN)n1nnc(-c2ccccc2)n1. The fourth-order valence-corrected chi connectivity index (χ4v) is 1.56. The molecule has 1 atom stereocenters.